The highest BCUT2D eigenvalue weighted by molar-refractivity contribution is 5.94. The second-order valence-electron chi connectivity index (χ2n) is 12.9. The molecule has 216 valence electrons. The topological polar surface area (TPSA) is 12.5 Å². The third-order valence-corrected chi connectivity index (χ3v) is 9.98. The van der Waals surface area contributed by atoms with Crippen LogP contribution in [0.25, 0.3) is 27.5 Å². The van der Waals surface area contributed by atoms with E-state index in [4.69, 9.17) is 4.74 Å². The molecule has 0 bridgehead atoms. The molecule has 0 aromatic heterocycles. The molecule has 2 nitrogen and oxygen atoms in total. The summed E-state index contributed by atoms with van der Waals surface area (Å²) in [6.45, 7) is 4.70. The van der Waals surface area contributed by atoms with Crippen LogP contribution in [0.4, 0.5) is 11.4 Å². The lowest BCUT2D eigenvalue weighted by atomic mass is 9.82. The van der Waals surface area contributed by atoms with Crippen molar-refractivity contribution < 1.29 is 4.74 Å². The van der Waals surface area contributed by atoms with Crippen LogP contribution in [0, 0.1) is 0 Å². The summed E-state index contributed by atoms with van der Waals surface area (Å²) < 4.78 is 6.62. The molecule has 0 radical (unpaired) electrons. The van der Waals surface area contributed by atoms with Crippen LogP contribution in [0.5, 0.6) is 5.75 Å². The van der Waals surface area contributed by atoms with Crippen LogP contribution in [-0.2, 0) is 5.41 Å². The predicted molar refractivity (Wildman–Crippen MR) is 186 cm³/mol. The van der Waals surface area contributed by atoms with Crippen LogP contribution < -0.4 is 9.64 Å². The van der Waals surface area contributed by atoms with Crippen molar-refractivity contribution in [3.05, 3.63) is 180 Å². The van der Waals surface area contributed by atoms with E-state index in [2.05, 4.69) is 170 Å². The molecule has 1 heterocycles. The van der Waals surface area contributed by atoms with Gasteiger partial charge in [-0.2, -0.15) is 0 Å². The van der Waals surface area contributed by atoms with Crippen molar-refractivity contribution in [2.24, 2.45) is 0 Å². The van der Waals surface area contributed by atoms with Crippen LogP contribution in [0.2, 0.25) is 0 Å². The van der Waals surface area contributed by atoms with Crippen LogP contribution in [0.3, 0.4) is 0 Å². The van der Waals surface area contributed by atoms with Gasteiger partial charge in [-0.3, -0.25) is 0 Å². The Morgan fingerprint density at radius 2 is 1.27 bits per heavy atom. The minimum atomic E-state index is -0.0999. The maximum atomic E-state index is 6.62. The first-order chi connectivity index (χ1) is 22.1. The van der Waals surface area contributed by atoms with Crippen LogP contribution in [0.1, 0.15) is 42.0 Å². The van der Waals surface area contributed by atoms with E-state index in [1.54, 1.807) is 0 Å². The highest BCUT2D eigenvalue weighted by Gasteiger charge is 2.39. The zero-order chi connectivity index (χ0) is 30.1. The third-order valence-electron chi connectivity index (χ3n) is 9.98. The lowest BCUT2D eigenvalue weighted by Gasteiger charge is -2.34. The number of ether oxygens (including phenoxy) is 1. The largest absolute Gasteiger partial charge is 0.485 e. The molecule has 45 heavy (non-hydrogen) atoms. The molecule has 3 aliphatic rings. The van der Waals surface area contributed by atoms with Crippen molar-refractivity contribution in [3.63, 3.8) is 0 Å². The SMILES string of the molecule is CC1(C)c2ccccc2-c2ccc(N(C3=CC4Oc5ccccc5C4C=C3c3ccccc3)c3ccc4ccccc4c3)cc21. The lowest BCUT2D eigenvalue weighted by Crippen LogP contribution is -2.27. The zero-order valence-corrected chi connectivity index (χ0v) is 25.4. The summed E-state index contributed by atoms with van der Waals surface area (Å²) in [5.41, 5.74) is 12.4. The number of hydrogen-bond donors (Lipinski definition) is 0. The number of para-hydroxylation sites is 1. The number of anilines is 2. The smallest absolute Gasteiger partial charge is 0.130 e. The van der Waals surface area contributed by atoms with Gasteiger partial charge >= 0.3 is 0 Å². The molecule has 2 heteroatoms. The number of nitrogens with zero attached hydrogens (tertiary/aromatic N) is 1. The van der Waals surface area contributed by atoms with Gasteiger partial charge in [-0.1, -0.05) is 129 Å². The molecule has 0 amide bonds. The molecule has 0 saturated carbocycles. The second-order valence-corrected chi connectivity index (χ2v) is 12.9. The number of benzene rings is 6. The summed E-state index contributed by atoms with van der Waals surface area (Å²) in [5, 5.41) is 2.45. The van der Waals surface area contributed by atoms with E-state index in [9.17, 15) is 0 Å². The molecule has 9 rings (SSSR count). The van der Waals surface area contributed by atoms with E-state index >= 15 is 0 Å². The van der Waals surface area contributed by atoms with Crippen molar-refractivity contribution in [2.75, 3.05) is 4.90 Å². The molecule has 0 saturated heterocycles. The molecule has 2 unspecified atom stereocenters. The summed E-state index contributed by atoms with van der Waals surface area (Å²) >= 11 is 0. The first-order valence-corrected chi connectivity index (χ1v) is 15.8. The first kappa shape index (κ1) is 26.1. The molecule has 2 atom stereocenters. The fourth-order valence-corrected chi connectivity index (χ4v) is 7.72. The Morgan fingerprint density at radius 3 is 2.16 bits per heavy atom. The molecular formula is C43H33NO. The van der Waals surface area contributed by atoms with Gasteiger partial charge in [0.15, 0.2) is 0 Å². The molecule has 0 spiro atoms. The van der Waals surface area contributed by atoms with E-state index in [1.165, 1.54) is 49.7 Å². The molecular weight excluding hydrogens is 546 g/mol. The fraction of sp³-hybridized carbons (Fsp3) is 0.116. The van der Waals surface area contributed by atoms with Crippen molar-refractivity contribution in [3.8, 4) is 16.9 Å². The Kier molecular flexibility index (Phi) is 5.70. The van der Waals surface area contributed by atoms with E-state index < -0.39 is 0 Å². The lowest BCUT2D eigenvalue weighted by molar-refractivity contribution is 0.268. The first-order valence-electron chi connectivity index (χ1n) is 15.8. The average molecular weight is 580 g/mol. The van der Waals surface area contributed by atoms with Gasteiger partial charge in [0.25, 0.3) is 0 Å². The Bertz CT molecular complexity index is 2190. The average Bonchev–Trinajstić information content (AvgIpc) is 3.56. The van der Waals surface area contributed by atoms with E-state index in [-0.39, 0.29) is 17.4 Å². The normalized spacial score (nSPS) is 18.6. The molecule has 6 aromatic carbocycles. The van der Waals surface area contributed by atoms with Gasteiger partial charge in [0, 0.05) is 33.8 Å². The van der Waals surface area contributed by atoms with Gasteiger partial charge in [0.2, 0.25) is 0 Å². The summed E-state index contributed by atoms with van der Waals surface area (Å²) in [5.74, 6) is 1.13. The number of hydrogen-bond acceptors (Lipinski definition) is 2. The fourth-order valence-electron chi connectivity index (χ4n) is 7.72. The van der Waals surface area contributed by atoms with Gasteiger partial charge in [0.1, 0.15) is 11.9 Å². The quantitative estimate of drug-likeness (QED) is 0.206. The molecule has 0 N–H and O–H groups in total. The van der Waals surface area contributed by atoms with Crippen molar-refractivity contribution in [1.29, 1.82) is 0 Å². The highest BCUT2D eigenvalue weighted by Crippen LogP contribution is 2.52. The second kappa shape index (κ2) is 9.84. The van der Waals surface area contributed by atoms with E-state index in [0.717, 1.165) is 22.8 Å². The van der Waals surface area contributed by atoms with E-state index in [0.29, 0.717) is 0 Å². The summed E-state index contributed by atoms with van der Waals surface area (Å²) in [6.07, 6.45) is 4.71. The van der Waals surface area contributed by atoms with Crippen molar-refractivity contribution >= 4 is 27.7 Å². The number of rotatable bonds is 4. The van der Waals surface area contributed by atoms with Crippen molar-refractivity contribution in [1.82, 2.24) is 0 Å². The zero-order valence-electron chi connectivity index (χ0n) is 25.4. The van der Waals surface area contributed by atoms with Gasteiger partial charge in [0.05, 0.1) is 5.70 Å². The van der Waals surface area contributed by atoms with E-state index in [1.807, 2.05) is 0 Å². The minimum Gasteiger partial charge on any atom is -0.485 e. The third kappa shape index (κ3) is 4.02. The predicted octanol–water partition coefficient (Wildman–Crippen LogP) is 10.8. The highest BCUT2D eigenvalue weighted by atomic mass is 16.5. The van der Waals surface area contributed by atoms with Gasteiger partial charge in [-0.25, -0.2) is 0 Å². The maximum absolute atomic E-state index is 6.62. The number of fused-ring (bicyclic) bond motifs is 7. The molecule has 1 aliphatic heterocycles. The van der Waals surface area contributed by atoms with Gasteiger partial charge in [-0.15, -0.1) is 0 Å². The minimum absolute atomic E-state index is 0.0806. The Morgan fingerprint density at radius 1 is 0.578 bits per heavy atom. The van der Waals surface area contributed by atoms with Crippen LogP contribution >= 0.6 is 0 Å². The summed E-state index contributed by atoms with van der Waals surface area (Å²) in [4.78, 5) is 2.45. The Hall–Kier alpha value is -5.34. The Balaban J connectivity index is 1.27. The molecule has 6 aromatic rings. The van der Waals surface area contributed by atoms with Crippen molar-refractivity contribution in [2.45, 2.75) is 31.3 Å². The van der Waals surface area contributed by atoms with Crippen LogP contribution in [0.15, 0.2) is 157 Å². The monoisotopic (exact) mass is 579 g/mol. The maximum Gasteiger partial charge on any atom is 0.130 e. The van der Waals surface area contributed by atoms with Gasteiger partial charge < -0.3 is 9.64 Å². The summed E-state index contributed by atoms with van der Waals surface area (Å²) in [7, 11) is 0. The number of allylic oxidation sites excluding steroid dienone is 1. The summed E-state index contributed by atoms with van der Waals surface area (Å²) in [6, 6.07) is 50.6. The molecule has 2 aliphatic carbocycles. The van der Waals surface area contributed by atoms with Crippen LogP contribution in [-0.4, -0.2) is 6.10 Å². The van der Waals surface area contributed by atoms with Gasteiger partial charge in [-0.05, 0) is 75.0 Å². The molecule has 0 fully saturated rings. The Labute approximate surface area is 264 Å². The standard InChI is InChI=1S/C43H33NO/c1-43(2)38-18-10-8-16-33(38)34-23-22-32(25-39(34)43)44(31-21-20-28-12-6-7-15-30(28)24-31)40-27-42-37(35-17-9-11-19-41(35)45-42)26-36(40)29-13-4-3-5-14-29/h3-27,37,42H,1-2H3.